The molecule has 19 heavy (non-hydrogen) atoms. The van der Waals surface area contributed by atoms with Crippen LogP contribution in [-0.2, 0) is 6.18 Å². The van der Waals surface area contributed by atoms with Crippen molar-refractivity contribution in [3.05, 3.63) is 40.7 Å². The SMILES string of the molecule is Cc1ccc(-c2cc(N)nc(C(F)(F)F)n2)cc1Cl. The summed E-state index contributed by atoms with van der Waals surface area (Å²) in [5, 5.41) is 0.447. The van der Waals surface area contributed by atoms with Gasteiger partial charge in [0.1, 0.15) is 5.82 Å². The maximum absolute atomic E-state index is 12.6. The van der Waals surface area contributed by atoms with Crippen LogP contribution < -0.4 is 5.73 Å². The third-order valence-corrected chi connectivity index (χ3v) is 2.87. The molecule has 0 atom stereocenters. The molecule has 2 aromatic rings. The van der Waals surface area contributed by atoms with E-state index < -0.39 is 12.0 Å². The second kappa shape index (κ2) is 4.70. The molecule has 0 aliphatic rings. The molecule has 0 saturated heterocycles. The van der Waals surface area contributed by atoms with Crippen molar-refractivity contribution >= 4 is 17.4 Å². The first-order chi connectivity index (χ1) is 8.77. The molecule has 2 rings (SSSR count). The van der Waals surface area contributed by atoms with E-state index in [4.69, 9.17) is 17.3 Å². The molecule has 0 saturated carbocycles. The molecule has 2 N–H and O–H groups in total. The molecule has 1 aromatic heterocycles. The lowest BCUT2D eigenvalue weighted by molar-refractivity contribution is -0.144. The highest BCUT2D eigenvalue weighted by Gasteiger charge is 2.35. The number of nitrogens with zero attached hydrogens (tertiary/aromatic N) is 2. The van der Waals surface area contributed by atoms with Gasteiger partial charge < -0.3 is 5.73 Å². The molecule has 0 bridgehead atoms. The standard InChI is InChI=1S/C12H9ClF3N3/c1-6-2-3-7(4-8(6)13)9-5-10(17)19-11(18-9)12(14,15)16/h2-5H,1H3,(H2,17,18,19). The number of halogens is 4. The largest absolute Gasteiger partial charge is 0.451 e. The number of aryl methyl sites for hydroxylation is 1. The van der Waals surface area contributed by atoms with Crippen molar-refractivity contribution in [2.24, 2.45) is 0 Å². The summed E-state index contributed by atoms with van der Waals surface area (Å²) < 4.78 is 37.8. The van der Waals surface area contributed by atoms with E-state index in [1.54, 1.807) is 25.1 Å². The minimum absolute atomic E-state index is 0.0849. The fourth-order valence-corrected chi connectivity index (χ4v) is 1.67. The van der Waals surface area contributed by atoms with Crippen molar-refractivity contribution in [3.8, 4) is 11.3 Å². The summed E-state index contributed by atoms with van der Waals surface area (Å²) in [4.78, 5) is 6.65. The Labute approximate surface area is 112 Å². The number of rotatable bonds is 1. The predicted octanol–water partition coefficient (Wildman–Crippen LogP) is 3.71. The Morgan fingerprint density at radius 2 is 1.84 bits per heavy atom. The molecule has 7 heteroatoms. The van der Waals surface area contributed by atoms with Gasteiger partial charge in [0.25, 0.3) is 0 Å². The van der Waals surface area contributed by atoms with Crippen LogP contribution in [0.5, 0.6) is 0 Å². The van der Waals surface area contributed by atoms with Crippen LogP contribution in [0.4, 0.5) is 19.0 Å². The Hall–Kier alpha value is -1.82. The number of nitrogen functional groups attached to an aromatic ring is 1. The Kier molecular flexibility index (Phi) is 3.36. The Balaban J connectivity index is 2.56. The molecular formula is C12H9ClF3N3. The fourth-order valence-electron chi connectivity index (χ4n) is 1.49. The van der Waals surface area contributed by atoms with Gasteiger partial charge in [0.2, 0.25) is 5.82 Å². The monoisotopic (exact) mass is 287 g/mol. The second-order valence-electron chi connectivity index (χ2n) is 3.96. The summed E-state index contributed by atoms with van der Waals surface area (Å²) in [7, 11) is 0. The maximum atomic E-state index is 12.6. The molecule has 0 aliphatic carbocycles. The molecule has 1 heterocycles. The number of hydrogen-bond acceptors (Lipinski definition) is 3. The lowest BCUT2D eigenvalue weighted by atomic mass is 10.1. The third-order valence-electron chi connectivity index (χ3n) is 2.47. The van der Waals surface area contributed by atoms with E-state index in [9.17, 15) is 13.2 Å². The van der Waals surface area contributed by atoms with E-state index in [-0.39, 0.29) is 11.5 Å². The second-order valence-corrected chi connectivity index (χ2v) is 4.37. The van der Waals surface area contributed by atoms with Crippen LogP contribution >= 0.6 is 11.6 Å². The number of nitrogens with two attached hydrogens (primary N) is 1. The van der Waals surface area contributed by atoms with Crippen LogP contribution in [0.25, 0.3) is 11.3 Å². The molecule has 3 nitrogen and oxygen atoms in total. The van der Waals surface area contributed by atoms with Gasteiger partial charge in [-0.05, 0) is 18.6 Å². The minimum atomic E-state index is -4.64. The average molecular weight is 288 g/mol. The first kappa shape index (κ1) is 13.6. The van der Waals surface area contributed by atoms with Crippen molar-refractivity contribution in [2.75, 3.05) is 5.73 Å². The van der Waals surface area contributed by atoms with Crippen molar-refractivity contribution in [2.45, 2.75) is 13.1 Å². The van der Waals surface area contributed by atoms with Gasteiger partial charge in [-0.15, -0.1) is 0 Å². The number of anilines is 1. The van der Waals surface area contributed by atoms with Crippen LogP contribution in [-0.4, -0.2) is 9.97 Å². The summed E-state index contributed by atoms with van der Waals surface area (Å²) in [5.74, 6) is -1.51. The molecule has 1 aromatic carbocycles. The Morgan fingerprint density at radius 3 is 2.42 bits per heavy atom. The van der Waals surface area contributed by atoms with E-state index in [1.807, 2.05) is 0 Å². The van der Waals surface area contributed by atoms with Crippen LogP contribution in [0.1, 0.15) is 11.4 Å². The van der Waals surface area contributed by atoms with Gasteiger partial charge in [-0.25, -0.2) is 9.97 Å². The van der Waals surface area contributed by atoms with Crippen molar-refractivity contribution < 1.29 is 13.2 Å². The Morgan fingerprint density at radius 1 is 1.16 bits per heavy atom. The molecule has 0 aliphatic heterocycles. The van der Waals surface area contributed by atoms with Crippen LogP contribution in [0.15, 0.2) is 24.3 Å². The molecule has 0 unspecified atom stereocenters. The van der Waals surface area contributed by atoms with Gasteiger partial charge in [-0.3, -0.25) is 0 Å². The van der Waals surface area contributed by atoms with Gasteiger partial charge in [0, 0.05) is 16.7 Å². The van der Waals surface area contributed by atoms with Crippen LogP contribution in [0.2, 0.25) is 5.02 Å². The average Bonchev–Trinajstić information content (AvgIpc) is 2.31. The zero-order chi connectivity index (χ0) is 14.2. The quantitative estimate of drug-likeness (QED) is 0.870. The molecule has 0 radical (unpaired) electrons. The van der Waals surface area contributed by atoms with Gasteiger partial charge in [0.05, 0.1) is 5.69 Å². The predicted molar refractivity (Wildman–Crippen MR) is 66.6 cm³/mol. The number of hydrogen-bond donors (Lipinski definition) is 1. The van der Waals surface area contributed by atoms with E-state index in [0.29, 0.717) is 10.6 Å². The van der Waals surface area contributed by atoms with E-state index >= 15 is 0 Å². The first-order valence-electron chi connectivity index (χ1n) is 5.25. The van der Waals surface area contributed by atoms with E-state index in [0.717, 1.165) is 5.56 Å². The lowest BCUT2D eigenvalue weighted by Crippen LogP contribution is -2.13. The highest BCUT2D eigenvalue weighted by molar-refractivity contribution is 6.31. The summed E-state index contributed by atoms with van der Waals surface area (Å²) in [5.41, 5.74) is 6.74. The van der Waals surface area contributed by atoms with E-state index in [2.05, 4.69) is 9.97 Å². The van der Waals surface area contributed by atoms with Gasteiger partial charge in [-0.1, -0.05) is 23.7 Å². The molecule has 0 spiro atoms. The lowest BCUT2D eigenvalue weighted by Gasteiger charge is -2.09. The summed E-state index contributed by atoms with van der Waals surface area (Å²) in [6.07, 6.45) is -4.64. The first-order valence-corrected chi connectivity index (χ1v) is 5.63. The van der Waals surface area contributed by atoms with Gasteiger partial charge >= 0.3 is 6.18 Å². The van der Waals surface area contributed by atoms with Crippen LogP contribution in [0, 0.1) is 6.92 Å². The smallest absolute Gasteiger partial charge is 0.384 e. The minimum Gasteiger partial charge on any atom is -0.384 e. The number of benzene rings is 1. The summed E-state index contributed by atoms with van der Waals surface area (Å²) in [6, 6.07) is 6.14. The topological polar surface area (TPSA) is 51.8 Å². The summed E-state index contributed by atoms with van der Waals surface area (Å²) >= 11 is 5.94. The van der Waals surface area contributed by atoms with Crippen molar-refractivity contribution in [3.63, 3.8) is 0 Å². The van der Waals surface area contributed by atoms with Crippen molar-refractivity contribution in [1.82, 2.24) is 9.97 Å². The molecule has 0 amide bonds. The summed E-state index contributed by atoms with van der Waals surface area (Å²) in [6.45, 7) is 1.79. The zero-order valence-electron chi connectivity index (χ0n) is 9.79. The van der Waals surface area contributed by atoms with Crippen LogP contribution in [0.3, 0.4) is 0 Å². The fraction of sp³-hybridized carbons (Fsp3) is 0.167. The normalized spacial score (nSPS) is 11.6. The third kappa shape index (κ3) is 2.96. The molecule has 100 valence electrons. The highest BCUT2D eigenvalue weighted by Crippen LogP contribution is 2.30. The number of alkyl halides is 3. The highest BCUT2D eigenvalue weighted by atomic mass is 35.5. The van der Waals surface area contributed by atoms with Gasteiger partial charge in [0.15, 0.2) is 0 Å². The zero-order valence-corrected chi connectivity index (χ0v) is 10.5. The molecular weight excluding hydrogens is 279 g/mol. The Bertz CT molecular complexity index is 626. The van der Waals surface area contributed by atoms with Gasteiger partial charge in [-0.2, -0.15) is 13.2 Å². The van der Waals surface area contributed by atoms with Crippen molar-refractivity contribution in [1.29, 1.82) is 0 Å². The maximum Gasteiger partial charge on any atom is 0.451 e. The van der Waals surface area contributed by atoms with E-state index in [1.165, 1.54) is 6.07 Å². The number of aromatic nitrogens is 2. The molecule has 0 fully saturated rings.